The van der Waals surface area contributed by atoms with E-state index < -0.39 is 12.3 Å². The van der Waals surface area contributed by atoms with Crippen molar-refractivity contribution in [3.05, 3.63) is 35.3 Å². The molecule has 106 valence electrons. The number of ether oxygens (including phenoxy) is 1. The van der Waals surface area contributed by atoms with Crippen LogP contribution in [0.4, 0.5) is 24.0 Å². The van der Waals surface area contributed by atoms with Gasteiger partial charge in [0, 0.05) is 17.1 Å². The van der Waals surface area contributed by atoms with Crippen LogP contribution in [0.5, 0.6) is 5.75 Å². The molecule has 0 aliphatic heterocycles. The van der Waals surface area contributed by atoms with Crippen molar-refractivity contribution in [1.82, 2.24) is 4.98 Å². The molecule has 20 heavy (non-hydrogen) atoms. The zero-order chi connectivity index (χ0) is 14.8. The van der Waals surface area contributed by atoms with E-state index in [4.69, 9.17) is 5.11 Å². The molecule has 1 aromatic carbocycles. The molecule has 5 nitrogen and oxygen atoms in total. The number of halogens is 3. The third-order valence-electron chi connectivity index (χ3n) is 2.04. The van der Waals surface area contributed by atoms with E-state index in [2.05, 4.69) is 15.0 Å². The lowest BCUT2D eigenvalue weighted by atomic mass is 10.3. The molecule has 0 aliphatic rings. The summed E-state index contributed by atoms with van der Waals surface area (Å²) in [6, 6.07) is 5.17. The SMILES string of the molecule is O=C(O)c1csc(Nc2cccc(OC(F)(F)F)c2)n1. The number of alkyl halides is 3. The summed E-state index contributed by atoms with van der Waals surface area (Å²) in [6.45, 7) is 0. The molecule has 0 spiro atoms. The highest BCUT2D eigenvalue weighted by Crippen LogP contribution is 2.27. The summed E-state index contributed by atoms with van der Waals surface area (Å²) < 4.78 is 40.0. The number of aromatic nitrogens is 1. The number of hydrogen-bond acceptors (Lipinski definition) is 5. The van der Waals surface area contributed by atoms with E-state index in [1.165, 1.54) is 17.5 Å². The van der Waals surface area contributed by atoms with Gasteiger partial charge in [-0.2, -0.15) is 0 Å². The fourth-order valence-electron chi connectivity index (χ4n) is 1.32. The predicted molar refractivity (Wildman–Crippen MR) is 65.5 cm³/mol. The molecule has 0 saturated carbocycles. The molecule has 1 heterocycles. The van der Waals surface area contributed by atoms with Crippen molar-refractivity contribution in [3.8, 4) is 5.75 Å². The molecule has 0 amide bonds. The van der Waals surface area contributed by atoms with Crippen molar-refractivity contribution in [2.75, 3.05) is 5.32 Å². The topological polar surface area (TPSA) is 71.5 Å². The average Bonchev–Trinajstić information content (AvgIpc) is 2.75. The molecule has 9 heteroatoms. The number of carboxylic acid groups (broad SMARTS) is 1. The van der Waals surface area contributed by atoms with Gasteiger partial charge in [-0.05, 0) is 12.1 Å². The van der Waals surface area contributed by atoms with E-state index >= 15 is 0 Å². The number of benzene rings is 1. The number of nitrogens with one attached hydrogen (secondary N) is 1. The first kappa shape index (κ1) is 14.1. The van der Waals surface area contributed by atoms with Crippen LogP contribution >= 0.6 is 11.3 Å². The molecule has 1 aromatic heterocycles. The zero-order valence-corrected chi connectivity index (χ0v) is 10.5. The van der Waals surface area contributed by atoms with E-state index in [1.807, 2.05) is 0 Å². The molecule has 0 saturated heterocycles. The Morgan fingerprint density at radius 1 is 1.40 bits per heavy atom. The van der Waals surface area contributed by atoms with Crippen LogP contribution in [0.1, 0.15) is 10.5 Å². The fraction of sp³-hybridized carbons (Fsp3) is 0.0909. The van der Waals surface area contributed by atoms with Crippen molar-refractivity contribution in [1.29, 1.82) is 0 Å². The van der Waals surface area contributed by atoms with Crippen LogP contribution in [0.3, 0.4) is 0 Å². The first-order valence-corrected chi connectivity index (χ1v) is 6.03. The Morgan fingerprint density at radius 3 is 2.75 bits per heavy atom. The van der Waals surface area contributed by atoms with Gasteiger partial charge in [-0.3, -0.25) is 0 Å². The third-order valence-corrected chi connectivity index (χ3v) is 2.80. The molecule has 2 rings (SSSR count). The zero-order valence-electron chi connectivity index (χ0n) is 9.64. The molecule has 0 bridgehead atoms. The van der Waals surface area contributed by atoms with Crippen LogP contribution < -0.4 is 10.1 Å². The summed E-state index contributed by atoms with van der Waals surface area (Å²) in [5, 5.41) is 13.0. The fourth-order valence-corrected chi connectivity index (χ4v) is 2.03. The maximum atomic E-state index is 12.1. The highest BCUT2D eigenvalue weighted by atomic mass is 32.1. The highest BCUT2D eigenvalue weighted by Gasteiger charge is 2.31. The summed E-state index contributed by atoms with van der Waals surface area (Å²) in [7, 11) is 0. The van der Waals surface area contributed by atoms with Gasteiger partial charge in [0.2, 0.25) is 0 Å². The van der Waals surface area contributed by atoms with E-state index in [9.17, 15) is 18.0 Å². The van der Waals surface area contributed by atoms with Crippen LogP contribution in [0.15, 0.2) is 29.6 Å². The van der Waals surface area contributed by atoms with Gasteiger partial charge in [-0.15, -0.1) is 24.5 Å². The Morgan fingerprint density at radius 2 is 2.15 bits per heavy atom. The number of carboxylic acids is 1. The van der Waals surface area contributed by atoms with E-state index in [0.29, 0.717) is 5.69 Å². The predicted octanol–water partition coefficient (Wildman–Crippen LogP) is 3.48. The smallest absolute Gasteiger partial charge is 0.476 e. The second kappa shape index (κ2) is 5.37. The highest BCUT2D eigenvalue weighted by molar-refractivity contribution is 7.14. The largest absolute Gasteiger partial charge is 0.573 e. The van der Waals surface area contributed by atoms with Crippen LogP contribution in [0, 0.1) is 0 Å². The first-order valence-electron chi connectivity index (χ1n) is 5.15. The lowest BCUT2D eigenvalue weighted by Crippen LogP contribution is -2.17. The van der Waals surface area contributed by atoms with Gasteiger partial charge in [-0.1, -0.05) is 6.07 Å². The number of carbonyl (C=O) groups is 1. The Hall–Kier alpha value is -2.29. The summed E-state index contributed by atoms with van der Waals surface area (Å²) in [5.74, 6) is -1.55. The van der Waals surface area contributed by atoms with Crippen molar-refractivity contribution >= 4 is 28.1 Å². The van der Waals surface area contributed by atoms with Crippen molar-refractivity contribution in [2.24, 2.45) is 0 Å². The minimum Gasteiger partial charge on any atom is -0.476 e. The third kappa shape index (κ3) is 3.85. The minimum atomic E-state index is -4.77. The maximum absolute atomic E-state index is 12.1. The van der Waals surface area contributed by atoms with Crippen LogP contribution in [0.2, 0.25) is 0 Å². The first-order chi connectivity index (χ1) is 9.33. The monoisotopic (exact) mass is 304 g/mol. The van der Waals surface area contributed by atoms with Gasteiger partial charge in [0.25, 0.3) is 0 Å². The molecular formula is C11H7F3N2O3S. The van der Waals surface area contributed by atoms with E-state index in [-0.39, 0.29) is 16.6 Å². The van der Waals surface area contributed by atoms with Crippen LogP contribution in [0.25, 0.3) is 0 Å². The number of nitrogens with zero attached hydrogens (tertiary/aromatic N) is 1. The minimum absolute atomic E-state index is 0.139. The Labute approximate surface area is 114 Å². The molecular weight excluding hydrogens is 297 g/mol. The van der Waals surface area contributed by atoms with Gasteiger partial charge in [-0.25, -0.2) is 9.78 Å². The summed E-state index contributed by atoms with van der Waals surface area (Å²) in [4.78, 5) is 14.4. The molecule has 0 unspecified atom stereocenters. The molecule has 0 atom stereocenters. The van der Waals surface area contributed by atoms with Gasteiger partial charge >= 0.3 is 12.3 Å². The van der Waals surface area contributed by atoms with Gasteiger partial charge in [0.05, 0.1) is 0 Å². The molecule has 2 aromatic rings. The normalized spacial score (nSPS) is 11.2. The quantitative estimate of drug-likeness (QED) is 0.904. The van der Waals surface area contributed by atoms with Crippen LogP contribution in [-0.2, 0) is 0 Å². The second-order valence-electron chi connectivity index (χ2n) is 3.54. The molecule has 2 N–H and O–H groups in total. The Bertz CT molecular complexity index is 627. The molecule has 0 radical (unpaired) electrons. The van der Waals surface area contributed by atoms with Gasteiger partial charge in [0.15, 0.2) is 10.8 Å². The number of anilines is 2. The Kier molecular flexibility index (Phi) is 3.79. The van der Waals surface area contributed by atoms with Gasteiger partial charge < -0.3 is 15.2 Å². The van der Waals surface area contributed by atoms with Gasteiger partial charge in [0.1, 0.15) is 5.75 Å². The summed E-state index contributed by atoms with van der Waals surface area (Å²) in [5.41, 5.74) is 0.165. The van der Waals surface area contributed by atoms with E-state index in [1.54, 1.807) is 0 Å². The molecule has 0 fully saturated rings. The average molecular weight is 304 g/mol. The maximum Gasteiger partial charge on any atom is 0.573 e. The Balaban J connectivity index is 2.13. The van der Waals surface area contributed by atoms with E-state index in [0.717, 1.165) is 23.5 Å². The lowest BCUT2D eigenvalue weighted by Gasteiger charge is -2.10. The number of thiazole rings is 1. The van der Waals surface area contributed by atoms with Crippen molar-refractivity contribution < 1.29 is 27.8 Å². The van der Waals surface area contributed by atoms with Crippen molar-refractivity contribution in [2.45, 2.75) is 6.36 Å². The standard InChI is InChI=1S/C11H7F3N2O3S/c12-11(13,14)19-7-3-1-2-6(4-7)15-10-16-8(5-20-10)9(17)18/h1-5H,(H,15,16)(H,17,18). The number of aromatic carboxylic acids is 1. The van der Waals surface area contributed by atoms with Crippen molar-refractivity contribution in [3.63, 3.8) is 0 Å². The summed E-state index contributed by atoms with van der Waals surface area (Å²) >= 11 is 1.03. The number of hydrogen-bond donors (Lipinski definition) is 2. The second-order valence-corrected chi connectivity index (χ2v) is 4.40. The number of rotatable bonds is 4. The molecule has 0 aliphatic carbocycles. The van der Waals surface area contributed by atoms with Crippen LogP contribution in [-0.4, -0.2) is 22.4 Å². The summed E-state index contributed by atoms with van der Waals surface area (Å²) in [6.07, 6.45) is -4.77. The lowest BCUT2D eigenvalue weighted by molar-refractivity contribution is -0.274.